The van der Waals surface area contributed by atoms with Crippen molar-refractivity contribution in [2.45, 2.75) is 19.8 Å². The number of carbonyl (C=O) groups excluding carboxylic acids is 3. The Morgan fingerprint density at radius 3 is 2.44 bits per heavy atom. The van der Waals surface area contributed by atoms with Crippen molar-refractivity contribution in [1.29, 1.82) is 0 Å². The van der Waals surface area contributed by atoms with Crippen molar-refractivity contribution in [3.05, 3.63) is 0 Å². The quantitative estimate of drug-likeness (QED) is 0.511. The second-order valence-electron chi connectivity index (χ2n) is 3.49. The van der Waals surface area contributed by atoms with E-state index in [-0.39, 0.29) is 19.1 Å². The number of ether oxygens (including phenoxy) is 1. The lowest BCUT2D eigenvalue weighted by molar-refractivity contribution is -0.154. The highest BCUT2D eigenvalue weighted by atomic mass is 16.5. The lowest BCUT2D eigenvalue weighted by atomic mass is 10.4. The molecular weight excluding hydrogens is 212 g/mol. The summed E-state index contributed by atoms with van der Waals surface area (Å²) in [7, 11) is 0. The van der Waals surface area contributed by atoms with Gasteiger partial charge in [-0.25, -0.2) is 4.79 Å². The van der Waals surface area contributed by atoms with E-state index in [1.54, 1.807) is 11.8 Å². The summed E-state index contributed by atoms with van der Waals surface area (Å²) < 4.78 is 4.49. The predicted octanol–water partition coefficient (Wildman–Crippen LogP) is -0.712. The first-order valence-electron chi connectivity index (χ1n) is 5.38. The van der Waals surface area contributed by atoms with Crippen LogP contribution >= 0.6 is 0 Å². The smallest absolute Gasteiger partial charge is 0.396 e. The van der Waals surface area contributed by atoms with Gasteiger partial charge in [0.2, 0.25) is 5.91 Å². The van der Waals surface area contributed by atoms with Crippen molar-refractivity contribution in [3.8, 4) is 0 Å². The lowest BCUT2D eigenvalue weighted by Gasteiger charge is -2.14. The van der Waals surface area contributed by atoms with Crippen molar-refractivity contribution in [1.82, 2.24) is 10.2 Å². The minimum absolute atomic E-state index is 0.141. The van der Waals surface area contributed by atoms with Gasteiger partial charge in [-0.05, 0) is 19.8 Å². The van der Waals surface area contributed by atoms with Crippen LogP contribution in [-0.2, 0) is 19.1 Å². The zero-order valence-corrected chi connectivity index (χ0v) is 9.32. The molecule has 1 rings (SSSR count). The Morgan fingerprint density at radius 2 is 1.88 bits per heavy atom. The summed E-state index contributed by atoms with van der Waals surface area (Å²) >= 11 is 0. The first-order chi connectivity index (χ1) is 7.65. The predicted molar refractivity (Wildman–Crippen MR) is 55.5 cm³/mol. The molecule has 16 heavy (non-hydrogen) atoms. The van der Waals surface area contributed by atoms with Gasteiger partial charge >= 0.3 is 11.9 Å². The van der Waals surface area contributed by atoms with Crippen molar-refractivity contribution >= 4 is 17.8 Å². The molecular formula is C10H16N2O4. The molecule has 0 radical (unpaired) electrons. The fraction of sp³-hybridized carbons (Fsp3) is 0.700. The minimum Gasteiger partial charge on any atom is -0.459 e. The molecule has 1 saturated heterocycles. The van der Waals surface area contributed by atoms with Crippen LogP contribution in [0.4, 0.5) is 0 Å². The number of nitrogens with zero attached hydrogens (tertiary/aromatic N) is 1. The zero-order chi connectivity index (χ0) is 12.0. The molecule has 1 aliphatic heterocycles. The Morgan fingerprint density at radius 1 is 1.25 bits per heavy atom. The third-order valence-electron chi connectivity index (χ3n) is 2.32. The van der Waals surface area contributed by atoms with Crippen LogP contribution in [0.5, 0.6) is 0 Å². The first kappa shape index (κ1) is 12.5. The molecule has 1 aliphatic rings. The Labute approximate surface area is 93.9 Å². The number of hydrogen-bond acceptors (Lipinski definition) is 4. The summed E-state index contributed by atoms with van der Waals surface area (Å²) in [6.45, 7) is 3.08. The topological polar surface area (TPSA) is 75.7 Å². The molecule has 1 fully saturated rings. The van der Waals surface area contributed by atoms with E-state index in [0.29, 0.717) is 0 Å². The van der Waals surface area contributed by atoms with Crippen LogP contribution in [0.3, 0.4) is 0 Å². The fourth-order valence-corrected chi connectivity index (χ4v) is 1.50. The normalized spacial score (nSPS) is 14.7. The summed E-state index contributed by atoms with van der Waals surface area (Å²) in [5.74, 6) is -1.97. The molecule has 0 saturated carbocycles. The standard InChI is InChI=1S/C10H16N2O4/c1-2-16-10(15)9(14)11-7-8(13)12-5-3-4-6-12/h2-7H2,1H3,(H,11,14). The fourth-order valence-electron chi connectivity index (χ4n) is 1.50. The third kappa shape index (κ3) is 3.52. The van der Waals surface area contributed by atoms with Gasteiger partial charge in [-0.15, -0.1) is 0 Å². The molecule has 0 aromatic rings. The van der Waals surface area contributed by atoms with Gasteiger partial charge in [-0.2, -0.15) is 0 Å². The van der Waals surface area contributed by atoms with Gasteiger partial charge in [0.25, 0.3) is 0 Å². The highest BCUT2D eigenvalue weighted by Crippen LogP contribution is 2.06. The van der Waals surface area contributed by atoms with Gasteiger partial charge in [0, 0.05) is 13.1 Å². The Hall–Kier alpha value is -1.59. The summed E-state index contributed by atoms with van der Waals surface area (Å²) in [6.07, 6.45) is 2.00. The average Bonchev–Trinajstić information content (AvgIpc) is 2.79. The monoisotopic (exact) mass is 228 g/mol. The molecule has 1 heterocycles. The molecule has 6 heteroatoms. The Kier molecular flexibility index (Phi) is 4.75. The van der Waals surface area contributed by atoms with Gasteiger partial charge in [0.15, 0.2) is 0 Å². The molecule has 6 nitrogen and oxygen atoms in total. The van der Waals surface area contributed by atoms with Crippen LogP contribution in [0.15, 0.2) is 0 Å². The molecule has 0 bridgehead atoms. The van der Waals surface area contributed by atoms with Gasteiger partial charge in [-0.1, -0.05) is 0 Å². The molecule has 90 valence electrons. The number of esters is 1. The number of carbonyl (C=O) groups is 3. The molecule has 0 atom stereocenters. The van der Waals surface area contributed by atoms with Gasteiger partial charge in [-0.3, -0.25) is 9.59 Å². The van der Waals surface area contributed by atoms with Crippen molar-refractivity contribution in [2.75, 3.05) is 26.2 Å². The number of amides is 2. The van der Waals surface area contributed by atoms with E-state index in [2.05, 4.69) is 10.1 Å². The van der Waals surface area contributed by atoms with E-state index < -0.39 is 11.9 Å². The van der Waals surface area contributed by atoms with Gasteiger partial charge in [0.05, 0.1) is 13.2 Å². The molecule has 0 aromatic carbocycles. The summed E-state index contributed by atoms with van der Waals surface area (Å²) in [6, 6.07) is 0. The maximum Gasteiger partial charge on any atom is 0.396 e. The van der Waals surface area contributed by atoms with E-state index in [9.17, 15) is 14.4 Å². The summed E-state index contributed by atoms with van der Waals surface area (Å²) in [5, 5.41) is 2.24. The van der Waals surface area contributed by atoms with Crippen LogP contribution < -0.4 is 5.32 Å². The number of likely N-dealkylation sites (tertiary alicyclic amines) is 1. The molecule has 0 spiro atoms. The van der Waals surface area contributed by atoms with Crippen LogP contribution in [0.2, 0.25) is 0 Å². The maximum absolute atomic E-state index is 11.5. The molecule has 0 unspecified atom stereocenters. The van der Waals surface area contributed by atoms with Crippen LogP contribution in [0.1, 0.15) is 19.8 Å². The second kappa shape index (κ2) is 6.09. The molecule has 2 amide bonds. The van der Waals surface area contributed by atoms with Crippen molar-refractivity contribution < 1.29 is 19.1 Å². The van der Waals surface area contributed by atoms with Gasteiger partial charge < -0.3 is 15.0 Å². The SMILES string of the molecule is CCOC(=O)C(=O)NCC(=O)N1CCCC1. The highest BCUT2D eigenvalue weighted by Gasteiger charge is 2.20. The zero-order valence-electron chi connectivity index (χ0n) is 9.32. The minimum atomic E-state index is -0.947. The second-order valence-corrected chi connectivity index (χ2v) is 3.49. The average molecular weight is 228 g/mol. The van der Waals surface area contributed by atoms with E-state index in [1.165, 1.54) is 0 Å². The highest BCUT2D eigenvalue weighted by molar-refractivity contribution is 6.32. The summed E-state index contributed by atoms with van der Waals surface area (Å²) in [4.78, 5) is 35.2. The molecule has 0 aliphatic carbocycles. The van der Waals surface area contributed by atoms with Crippen LogP contribution in [0, 0.1) is 0 Å². The lowest BCUT2D eigenvalue weighted by Crippen LogP contribution is -2.41. The third-order valence-corrected chi connectivity index (χ3v) is 2.32. The van der Waals surface area contributed by atoms with E-state index in [4.69, 9.17) is 0 Å². The van der Waals surface area contributed by atoms with Crippen LogP contribution in [0.25, 0.3) is 0 Å². The van der Waals surface area contributed by atoms with E-state index in [0.717, 1.165) is 25.9 Å². The van der Waals surface area contributed by atoms with Gasteiger partial charge in [0.1, 0.15) is 0 Å². The summed E-state index contributed by atoms with van der Waals surface area (Å²) in [5.41, 5.74) is 0. The van der Waals surface area contributed by atoms with Crippen molar-refractivity contribution in [3.63, 3.8) is 0 Å². The number of nitrogens with one attached hydrogen (secondary N) is 1. The number of rotatable bonds is 3. The molecule has 1 N–H and O–H groups in total. The van der Waals surface area contributed by atoms with E-state index >= 15 is 0 Å². The Bertz CT molecular complexity index is 285. The number of hydrogen-bond donors (Lipinski definition) is 1. The first-order valence-corrected chi connectivity index (χ1v) is 5.38. The molecule has 0 aromatic heterocycles. The maximum atomic E-state index is 11.5. The van der Waals surface area contributed by atoms with Crippen molar-refractivity contribution in [2.24, 2.45) is 0 Å². The van der Waals surface area contributed by atoms with E-state index in [1.807, 2.05) is 0 Å². The Balaban J connectivity index is 2.25. The largest absolute Gasteiger partial charge is 0.459 e. The van der Waals surface area contributed by atoms with Crippen LogP contribution in [-0.4, -0.2) is 48.9 Å².